The summed E-state index contributed by atoms with van der Waals surface area (Å²) in [7, 11) is 0. The number of ether oxygens (including phenoxy) is 1. The molecule has 0 aromatic rings. The maximum absolute atomic E-state index is 12.4. The van der Waals surface area contributed by atoms with Gasteiger partial charge in [0.25, 0.3) is 5.60 Å². The van der Waals surface area contributed by atoms with E-state index in [1.54, 1.807) is 6.08 Å². The number of aliphatic hydroxyl groups is 1. The summed E-state index contributed by atoms with van der Waals surface area (Å²) in [5.41, 5.74) is -5.29. The summed E-state index contributed by atoms with van der Waals surface area (Å²) in [6, 6.07) is 0. The minimum absolute atomic E-state index is 0.242. The molecule has 2 rings (SSSR count). The highest BCUT2D eigenvalue weighted by Crippen LogP contribution is 2.50. The van der Waals surface area contributed by atoms with Crippen LogP contribution >= 0.6 is 0 Å². The first kappa shape index (κ1) is 15.6. The Labute approximate surface area is 111 Å². The van der Waals surface area contributed by atoms with Crippen LogP contribution in [-0.4, -0.2) is 36.3 Å². The van der Waals surface area contributed by atoms with Crippen molar-refractivity contribution in [3.8, 4) is 0 Å². The highest BCUT2D eigenvalue weighted by Gasteiger charge is 2.70. The summed E-state index contributed by atoms with van der Waals surface area (Å²) >= 11 is 0. The zero-order valence-corrected chi connectivity index (χ0v) is 10.4. The van der Waals surface area contributed by atoms with Crippen LogP contribution in [0.5, 0.6) is 0 Å². The third-order valence-electron chi connectivity index (χ3n) is 4.04. The highest BCUT2D eigenvalue weighted by molar-refractivity contribution is 5.15. The van der Waals surface area contributed by atoms with Crippen molar-refractivity contribution in [2.45, 2.75) is 37.2 Å². The zero-order valence-electron chi connectivity index (χ0n) is 10.4. The lowest BCUT2D eigenvalue weighted by Gasteiger charge is -2.33. The van der Waals surface area contributed by atoms with E-state index < -0.39 is 30.0 Å². The van der Waals surface area contributed by atoms with Gasteiger partial charge in [-0.25, -0.2) is 0 Å². The first-order valence-corrected chi connectivity index (χ1v) is 6.12. The van der Waals surface area contributed by atoms with Crippen molar-refractivity contribution in [1.82, 2.24) is 0 Å². The molecule has 0 heterocycles. The molecule has 2 bridgehead atoms. The van der Waals surface area contributed by atoms with E-state index in [0.717, 1.165) is 6.42 Å². The minimum atomic E-state index is -5.83. The fraction of sp³-hybridized carbons (Fsp3) is 0.833. The summed E-state index contributed by atoms with van der Waals surface area (Å²) in [6.07, 6.45) is -5.72. The normalized spacial score (nSPS) is 30.2. The number of halogens is 6. The van der Waals surface area contributed by atoms with Crippen molar-refractivity contribution in [2.24, 2.45) is 11.3 Å². The molecule has 8 heteroatoms. The minimum Gasteiger partial charge on any atom is -0.377 e. The molecule has 2 aliphatic carbocycles. The fourth-order valence-corrected chi connectivity index (χ4v) is 2.76. The summed E-state index contributed by atoms with van der Waals surface area (Å²) in [6.45, 7) is -2.07. The standard InChI is InChI=1S/C12H14F6O2/c13-11(14,15)10(19,12(16,17)18)7-20-6-9-3-1-8(5-9)2-4-9/h1,3,8,19H,2,4-7H2. The summed E-state index contributed by atoms with van der Waals surface area (Å²) in [5.74, 6) is 0.336. The van der Waals surface area contributed by atoms with E-state index in [9.17, 15) is 26.3 Å². The van der Waals surface area contributed by atoms with Crippen LogP contribution in [0.4, 0.5) is 26.3 Å². The number of hydrogen-bond acceptors (Lipinski definition) is 2. The maximum atomic E-state index is 12.4. The molecular weight excluding hydrogens is 290 g/mol. The largest absolute Gasteiger partial charge is 0.428 e. The van der Waals surface area contributed by atoms with Crippen LogP contribution in [0.15, 0.2) is 12.2 Å². The lowest BCUT2D eigenvalue weighted by molar-refractivity contribution is -0.378. The van der Waals surface area contributed by atoms with E-state index in [1.165, 1.54) is 0 Å². The van der Waals surface area contributed by atoms with Gasteiger partial charge < -0.3 is 9.84 Å². The van der Waals surface area contributed by atoms with E-state index in [1.807, 2.05) is 6.08 Å². The first-order valence-electron chi connectivity index (χ1n) is 6.12. The van der Waals surface area contributed by atoms with Crippen LogP contribution in [0, 0.1) is 11.3 Å². The molecule has 0 amide bonds. The number of rotatable bonds is 4. The lowest BCUT2D eigenvalue weighted by Crippen LogP contribution is -2.60. The average molecular weight is 304 g/mol. The molecule has 2 nitrogen and oxygen atoms in total. The Bertz CT molecular complexity index is 386. The topological polar surface area (TPSA) is 29.5 Å². The van der Waals surface area contributed by atoms with E-state index in [4.69, 9.17) is 5.11 Å². The molecule has 0 spiro atoms. The van der Waals surface area contributed by atoms with Crippen LogP contribution in [0.1, 0.15) is 19.3 Å². The second-order valence-corrected chi connectivity index (χ2v) is 5.57. The Morgan fingerprint density at radius 2 is 1.75 bits per heavy atom. The number of fused-ring (bicyclic) bond motifs is 2. The molecule has 0 aromatic carbocycles. The predicted octanol–water partition coefficient (Wildman–Crippen LogP) is 3.22. The number of alkyl halides is 6. The molecule has 0 aliphatic heterocycles. The Hall–Kier alpha value is -0.760. The van der Waals surface area contributed by atoms with Crippen molar-refractivity contribution in [1.29, 1.82) is 0 Å². The summed E-state index contributed by atoms with van der Waals surface area (Å²) in [4.78, 5) is 0. The Kier molecular flexibility index (Phi) is 3.61. The van der Waals surface area contributed by atoms with E-state index >= 15 is 0 Å². The van der Waals surface area contributed by atoms with Gasteiger partial charge in [0.15, 0.2) is 0 Å². The number of allylic oxidation sites excluding steroid dienone is 1. The molecule has 1 fully saturated rings. The fourth-order valence-electron chi connectivity index (χ4n) is 2.76. The third kappa shape index (κ3) is 2.55. The van der Waals surface area contributed by atoms with Crippen LogP contribution in [-0.2, 0) is 4.74 Å². The molecule has 0 radical (unpaired) electrons. The van der Waals surface area contributed by atoms with Crippen LogP contribution in [0.3, 0.4) is 0 Å². The van der Waals surface area contributed by atoms with Crippen molar-refractivity contribution < 1.29 is 36.2 Å². The highest BCUT2D eigenvalue weighted by atomic mass is 19.4. The van der Waals surface area contributed by atoms with Crippen molar-refractivity contribution >= 4 is 0 Å². The van der Waals surface area contributed by atoms with Gasteiger partial charge in [0.2, 0.25) is 0 Å². The van der Waals surface area contributed by atoms with Gasteiger partial charge in [-0.15, -0.1) is 0 Å². The number of hydrogen-bond donors (Lipinski definition) is 1. The molecule has 20 heavy (non-hydrogen) atoms. The second kappa shape index (κ2) is 4.62. The van der Waals surface area contributed by atoms with Crippen molar-refractivity contribution in [3.05, 3.63) is 12.2 Å². The SMILES string of the molecule is OC(COCC12C=CC(CC1)C2)(C(F)(F)F)C(F)(F)F. The van der Waals surface area contributed by atoms with Crippen LogP contribution in [0.2, 0.25) is 0 Å². The van der Waals surface area contributed by atoms with Gasteiger partial charge in [0.05, 0.1) is 13.2 Å². The van der Waals surface area contributed by atoms with Gasteiger partial charge in [-0.1, -0.05) is 12.2 Å². The van der Waals surface area contributed by atoms with Crippen LogP contribution < -0.4 is 0 Å². The molecule has 1 saturated carbocycles. The zero-order chi connectivity index (χ0) is 15.2. The molecule has 2 aliphatic rings. The predicted molar refractivity (Wildman–Crippen MR) is 56.8 cm³/mol. The molecule has 2 unspecified atom stereocenters. The molecule has 116 valence electrons. The molecule has 1 N–H and O–H groups in total. The van der Waals surface area contributed by atoms with Crippen molar-refractivity contribution in [3.63, 3.8) is 0 Å². The summed E-state index contributed by atoms with van der Waals surface area (Å²) < 4.78 is 79.2. The monoisotopic (exact) mass is 304 g/mol. The van der Waals surface area contributed by atoms with Gasteiger partial charge in [0, 0.05) is 5.41 Å². The smallest absolute Gasteiger partial charge is 0.377 e. The molecule has 0 aromatic heterocycles. The van der Waals surface area contributed by atoms with Crippen LogP contribution in [0.25, 0.3) is 0 Å². The van der Waals surface area contributed by atoms with E-state index in [0.29, 0.717) is 18.8 Å². The quantitative estimate of drug-likeness (QED) is 0.638. The van der Waals surface area contributed by atoms with Gasteiger partial charge in [-0.3, -0.25) is 0 Å². The maximum Gasteiger partial charge on any atom is 0.428 e. The Morgan fingerprint density at radius 3 is 2.10 bits per heavy atom. The van der Waals surface area contributed by atoms with Gasteiger partial charge in [0.1, 0.15) is 0 Å². The van der Waals surface area contributed by atoms with E-state index in [-0.39, 0.29) is 6.61 Å². The average Bonchev–Trinajstić information content (AvgIpc) is 2.85. The first-order chi connectivity index (χ1) is 8.99. The Morgan fingerprint density at radius 1 is 1.15 bits per heavy atom. The van der Waals surface area contributed by atoms with E-state index in [2.05, 4.69) is 4.74 Å². The molecule has 2 atom stereocenters. The molecule has 0 saturated heterocycles. The third-order valence-corrected chi connectivity index (χ3v) is 4.04. The Balaban J connectivity index is 1.99. The van der Waals surface area contributed by atoms with Gasteiger partial charge in [-0.05, 0) is 25.2 Å². The summed E-state index contributed by atoms with van der Waals surface area (Å²) in [5, 5.41) is 8.93. The van der Waals surface area contributed by atoms with Gasteiger partial charge >= 0.3 is 12.4 Å². The molecular formula is C12H14F6O2. The second-order valence-electron chi connectivity index (χ2n) is 5.57. The van der Waals surface area contributed by atoms with Crippen molar-refractivity contribution in [2.75, 3.05) is 13.2 Å². The van der Waals surface area contributed by atoms with Gasteiger partial charge in [-0.2, -0.15) is 26.3 Å². The lowest BCUT2D eigenvalue weighted by atomic mass is 9.89.